The molecule has 0 radical (unpaired) electrons. The minimum atomic E-state index is -4.42. The standard InChI is InChI=1S/C12H10F3NO/c1-11(2,7-16)10(17)8-3-5-9(6-4-8)12(13,14)15/h3-6H,1-2H3. The lowest BCUT2D eigenvalue weighted by Gasteiger charge is -2.14. The van der Waals surface area contributed by atoms with Crippen LogP contribution in [0.15, 0.2) is 24.3 Å². The number of hydrogen-bond donors (Lipinski definition) is 0. The van der Waals surface area contributed by atoms with E-state index in [4.69, 9.17) is 5.26 Å². The molecule has 0 aliphatic carbocycles. The van der Waals surface area contributed by atoms with Crippen LogP contribution in [0.5, 0.6) is 0 Å². The molecule has 0 bridgehead atoms. The predicted molar refractivity (Wildman–Crippen MR) is 55.2 cm³/mol. The molecule has 0 aliphatic heterocycles. The van der Waals surface area contributed by atoms with Crippen molar-refractivity contribution in [3.63, 3.8) is 0 Å². The molecule has 0 aliphatic rings. The van der Waals surface area contributed by atoms with Crippen LogP contribution in [-0.4, -0.2) is 5.78 Å². The van der Waals surface area contributed by atoms with Crippen molar-refractivity contribution in [3.05, 3.63) is 35.4 Å². The van der Waals surface area contributed by atoms with E-state index in [1.165, 1.54) is 13.8 Å². The van der Waals surface area contributed by atoms with E-state index in [0.717, 1.165) is 24.3 Å². The molecule has 0 spiro atoms. The summed E-state index contributed by atoms with van der Waals surface area (Å²) in [6.45, 7) is 2.85. The van der Waals surface area contributed by atoms with E-state index in [1.807, 2.05) is 6.07 Å². The average Bonchev–Trinajstić information content (AvgIpc) is 2.27. The first kappa shape index (κ1) is 13.2. The van der Waals surface area contributed by atoms with Crippen molar-refractivity contribution < 1.29 is 18.0 Å². The second-order valence-corrected chi connectivity index (χ2v) is 4.14. The fourth-order valence-electron chi connectivity index (χ4n) is 1.22. The number of ketones is 1. The number of nitriles is 1. The first-order chi connectivity index (χ1) is 7.68. The van der Waals surface area contributed by atoms with Gasteiger partial charge in [-0.15, -0.1) is 0 Å². The number of hydrogen-bond acceptors (Lipinski definition) is 2. The molecule has 0 N–H and O–H groups in total. The molecule has 0 amide bonds. The maximum atomic E-state index is 12.3. The van der Waals surface area contributed by atoms with Crippen molar-refractivity contribution in [2.24, 2.45) is 5.41 Å². The van der Waals surface area contributed by atoms with E-state index < -0.39 is 22.9 Å². The number of rotatable bonds is 2. The summed E-state index contributed by atoms with van der Waals surface area (Å²) in [6, 6.07) is 5.66. The Hall–Kier alpha value is -1.83. The summed E-state index contributed by atoms with van der Waals surface area (Å²) in [6.07, 6.45) is -4.42. The fourth-order valence-corrected chi connectivity index (χ4v) is 1.22. The summed E-state index contributed by atoms with van der Waals surface area (Å²) in [5.41, 5.74) is -1.95. The molecule has 0 unspecified atom stereocenters. The quantitative estimate of drug-likeness (QED) is 0.744. The van der Waals surface area contributed by atoms with Crippen LogP contribution in [0, 0.1) is 16.7 Å². The number of halogens is 3. The van der Waals surface area contributed by atoms with Crippen molar-refractivity contribution >= 4 is 5.78 Å². The molecule has 90 valence electrons. The SMILES string of the molecule is CC(C)(C#N)C(=O)c1ccc(C(F)(F)F)cc1. The van der Waals surface area contributed by atoms with Gasteiger partial charge in [0, 0.05) is 5.56 Å². The van der Waals surface area contributed by atoms with E-state index in [9.17, 15) is 18.0 Å². The molecule has 0 atom stereocenters. The van der Waals surface area contributed by atoms with E-state index >= 15 is 0 Å². The maximum Gasteiger partial charge on any atom is 0.416 e. The smallest absolute Gasteiger partial charge is 0.292 e. The highest BCUT2D eigenvalue weighted by Crippen LogP contribution is 2.30. The molecule has 17 heavy (non-hydrogen) atoms. The zero-order valence-corrected chi connectivity index (χ0v) is 9.30. The Morgan fingerprint density at radius 3 is 2.00 bits per heavy atom. The summed E-state index contributed by atoms with van der Waals surface area (Å²) in [5.74, 6) is -0.492. The van der Waals surface area contributed by atoms with Gasteiger partial charge in [-0.2, -0.15) is 18.4 Å². The molecule has 1 rings (SSSR count). The average molecular weight is 241 g/mol. The lowest BCUT2D eigenvalue weighted by Crippen LogP contribution is -2.22. The molecular formula is C12H10F3NO. The van der Waals surface area contributed by atoms with Gasteiger partial charge in [0.2, 0.25) is 0 Å². The van der Waals surface area contributed by atoms with Gasteiger partial charge in [-0.25, -0.2) is 0 Å². The van der Waals surface area contributed by atoms with Crippen molar-refractivity contribution in [1.82, 2.24) is 0 Å². The van der Waals surface area contributed by atoms with Crippen molar-refractivity contribution in [2.75, 3.05) is 0 Å². The number of nitrogens with zero attached hydrogens (tertiary/aromatic N) is 1. The van der Waals surface area contributed by atoms with Crippen molar-refractivity contribution in [1.29, 1.82) is 5.26 Å². The maximum absolute atomic E-state index is 12.3. The predicted octanol–water partition coefficient (Wildman–Crippen LogP) is 3.44. The largest absolute Gasteiger partial charge is 0.416 e. The van der Waals surface area contributed by atoms with Gasteiger partial charge in [0.15, 0.2) is 5.78 Å². The van der Waals surface area contributed by atoms with Crippen molar-refractivity contribution in [2.45, 2.75) is 20.0 Å². The highest BCUT2D eigenvalue weighted by molar-refractivity contribution is 6.01. The van der Waals surface area contributed by atoms with Gasteiger partial charge in [0.25, 0.3) is 0 Å². The third-order valence-electron chi connectivity index (χ3n) is 2.32. The second-order valence-electron chi connectivity index (χ2n) is 4.14. The molecule has 1 aromatic carbocycles. The summed E-state index contributed by atoms with van der Waals surface area (Å²) < 4.78 is 36.9. The Kier molecular flexibility index (Phi) is 3.28. The minimum Gasteiger partial charge on any atom is -0.292 e. The number of alkyl halides is 3. The van der Waals surface area contributed by atoms with Crippen LogP contribution in [0.25, 0.3) is 0 Å². The van der Waals surface area contributed by atoms with E-state index in [-0.39, 0.29) is 5.56 Å². The Bertz CT molecular complexity index is 466. The Morgan fingerprint density at radius 2 is 1.65 bits per heavy atom. The molecule has 2 nitrogen and oxygen atoms in total. The van der Waals surface area contributed by atoms with Gasteiger partial charge in [0.1, 0.15) is 5.41 Å². The van der Waals surface area contributed by atoms with Crippen LogP contribution >= 0.6 is 0 Å². The van der Waals surface area contributed by atoms with Gasteiger partial charge in [-0.05, 0) is 26.0 Å². The summed E-state index contributed by atoms with van der Waals surface area (Å²) in [4.78, 5) is 11.8. The third-order valence-corrected chi connectivity index (χ3v) is 2.32. The number of Topliss-reactive ketones (excluding diaryl/α,β-unsaturated/α-hetero) is 1. The van der Waals surface area contributed by atoms with Crippen LogP contribution in [0.2, 0.25) is 0 Å². The number of carbonyl (C=O) groups is 1. The summed E-state index contributed by atoms with van der Waals surface area (Å²) in [7, 11) is 0. The zero-order chi connectivity index (χ0) is 13.3. The van der Waals surface area contributed by atoms with Crippen LogP contribution in [-0.2, 0) is 6.18 Å². The molecule has 0 fully saturated rings. The first-order valence-electron chi connectivity index (χ1n) is 4.82. The fraction of sp³-hybridized carbons (Fsp3) is 0.333. The van der Waals surface area contributed by atoms with Crippen LogP contribution in [0.4, 0.5) is 13.2 Å². The molecular weight excluding hydrogens is 231 g/mol. The second kappa shape index (κ2) is 4.21. The Balaban J connectivity index is 3.06. The van der Waals surface area contributed by atoms with Crippen LogP contribution in [0.3, 0.4) is 0 Å². The van der Waals surface area contributed by atoms with E-state index in [0.29, 0.717) is 0 Å². The van der Waals surface area contributed by atoms with Crippen LogP contribution < -0.4 is 0 Å². The molecule has 0 saturated carbocycles. The van der Waals surface area contributed by atoms with Crippen LogP contribution in [0.1, 0.15) is 29.8 Å². The summed E-state index contributed by atoms with van der Waals surface area (Å²) in [5, 5.41) is 8.76. The molecule has 5 heteroatoms. The normalized spacial score (nSPS) is 12.0. The molecule has 0 aromatic heterocycles. The third kappa shape index (κ3) is 2.84. The molecule has 0 saturated heterocycles. The lowest BCUT2D eigenvalue weighted by atomic mass is 9.86. The Morgan fingerprint density at radius 1 is 1.18 bits per heavy atom. The number of benzene rings is 1. The number of carbonyl (C=O) groups excluding carboxylic acids is 1. The zero-order valence-electron chi connectivity index (χ0n) is 9.30. The van der Waals surface area contributed by atoms with Gasteiger partial charge >= 0.3 is 6.18 Å². The lowest BCUT2D eigenvalue weighted by molar-refractivity contribution is -0.137. The van der Waals surface area contributed by atoms with Gasteiger partial charge in [-0.1, -0.05) is 12.1 Å². The van der Waals surface area contributed by atoms with Gasteiger partial charge in [-0.3, -0.25) is 4.79 Å². The van der Waals surface area contributed by atoms with Gasteiger partial charge < -0.3 is 0 Å². The monoisotopic (exact) mass is 241 g/mol. The highest BCUT2D eigenvalue weighted by Gasteiger charge is 2.32. The Labute approximate surface area is 96.7 Å². The minimum absolute atomic E-state index is 0.101. The highest BCUT2D eigenvalue weighted by atomic mass is 19.4. The topological polar surface area (TPSA) is 40.9 Å². The van der Waals surface area contributed by atoms with E-state index in [1.54, 1.807) is 0 Å². The summed E-state index contributed by atoms with van der Waals surface area (Å²) >= 11 is 0. The first-order valence-corrected chi connectivity index (χ1v) is 4.82. The molecule has 1 aromatic rings. The van der Waals surface area contributed by atoms with E-state index in [2.05, 4.69) is 0 Å². The van der Waals surface area contributed by atoms with Gasteiger partial charge in [0.05, 0.1) is 11.6 Å². The van der Waals surface area contributed by atoms with Crippen molar-refractivity contribution in [3.8, 4) is 6.07 Å². The molecule has 0 heterocycles.